The van der Waals surface area contributed by atoms with Crippen LogP contribution in [0.5, 0.6) is 11.5 Å². The number of nitrogens with one attached hydrogen (secondary N) is 2. The number of urea groups is 1. The Labute approximate surface area is 146 Å². The maximum atomic E-state index is 12.1. The molecular formula is C18H20N2O5. The molecule has 0 bridgehead atoms. The highest BCUT2D eigenvalue weighted by Gasteiger charge is 2.32. The summed E-state index contributed by atoms with van der Waals surface area (Å²) in [4.78, 5) is 24.0. The van der Waals surface area contributed by atoms with Gasteiger partial charge in [-0.05, 0) is 31.5 Å². The SMILES string of the molecule is C#CCOc1ccc([C@@H]2NC(=O)NC(C)=C2C(=O)OC)cc1OCC. The monoisotopic (exact) mass is 344 g/mol. The van der Waals surface area contributed by atoms with Gasteiger partial charge >= 0.3 is 12.0 Å². The topological polar surface area (TPSA) is 85.9 Å². The Bertz CT molecular complexity index is 748. The van der Waals surface area contributed by atoms with Crippen LogP contribution >= 0.6 is 0 Å². The van der Waals surface area contributed by atoms with Crippen molar-refractivity contribution in [2.24, 2.45) is 0 Å². The molecule has 0 aromatic heterocycles. The fraction of sp³-hybridized carbons (Fsp3) is 0.333. The van der Waals surface area contributed by atoms with E-state index >= 15 is 0 Å². The number of methoxy groups -OCH3 is 1. The molecule has 1 aliphatic rings. The van der Waals surface area contributed by atoms with Crippen LogP contribution in [-0.4, -0.2) is 32.3 Å². The molecule has 0 fully saturated rings. The van der Waals surface area contributed by atoms with Crippen LogP contribution in [0.1, 0.15) is 25.5 Å². The van der Waals surface area contributed by atoms with Crippen LogP contribution < -0.4 is 20.1 Å². The van der Waals surface area contributed by atoms with E-state index in [1.165, 1.54) is 7.11 Å². The molecule has 132 valence electrons. The van der Waals surface area contributed by atoms with Gasteiger partial charge in [0.1, 0.15) is 6.61 Å². The second-order valence-corrected chi connectivity index (χ2v) is 5.19. The molecule has 7 nitrogen and oxygen atoms in total. The normalized spacial score (nSPS) is 16.4. The van der Waals surface area contributed by atoms with Gasteiger partial charge in [0.25, 0.3) is 0 Å². The maximum Gasteiger partial charge on any atom is 0.337 e. The molecule has 7 heteroatoms. The zero-order valence-electron chi connectivity index (χ0n) is 14.3. The molecule has 0 radical (unpaired) electrons. The second-order valence-electron chi connectivity index (χ2n) is 5.19. The number of rotatable bonds is 6. The second kappa shape index (κ2) is 8.11. The lowest BCUT2D eigenvalue weighted by molar-refractivity contribution is -0.136. The maximum absolute atomic E-state index is 12.1. The molecular weight excluding hydrogens is 324 g/mol. The minimum absolute atomic E-state index is 0.107. The average Bonchev–Trinajstić information content (AvgIpc) is 2.59. The summed E-state index contributed by atoms with van der Waals surface area (Å²) in [5.41, 5.74) is 1.42. The number of allylic oxidation sites excluding steroid dienone is 1. The van der Waals surface area contributed by atoms with E-state index in [1.807, 2.05) is 6.92 Å². The molecule has 1 heterocycles. The van der Waals surface area contributed by atoms with Crippen molar-refractivity contribution in [1.82, 2.24) is 10.6 Å². The Morgan fingerprint density at radius 1 is 1.32 bits per heavy atom. The van der Waals surface area contributed by atoms with Crippen LogP contribution in [-0.2, 0) is 9.53 Å². The predicted molar refractivity (Wildman–Crippen MR) is 91.1 cm³/mol. The first-order valence-corrected chi connectivity index (χ1v) is 7.71. The lowest BCUT2D eigenvalue weighted by Crippen LogP contribution is -2.45. The van der Waals surface area contributed by atoms with Crippen LogP contribution in [0.4, 0.5) is 4.79 Å². The Hall–Kier alpha value is -3.14. The van der Waals surface area contributed by atoms with Crippen molar-refractivity contribution in [3.05, 3.63) is 35.0 Å². The summed E-state index contributed by atoms with van der Waals surface area (Å²) < 4.78 is 15.9. The molecule has 1 aromatic rings. The number of hydrogen-bond acceptors (Lipinski definition) is 5. The highest BCUT2D eigenvalue weighted by molar-refractivity contribution is 5.94. The summed E-state index contributed by atoms with van der Waals surface area (Å²) in [7, 11) is 1.29. The Balaban J connectivity index is 2.46. The number of terminal acetylenes is 1. The molecule has 0 aliphatic carbocycles. The fourth-order valence-electron chi connectivity index (χ4n) is 2.54. The van der Waals surface area contributed by atoms with E-state index in [2.05, 4.69) is 16.6 Å². The number of amides is 2. The highest BCUT2D eigenvalue weighted by Crippen LogP contribution is 2.34. The molecule has 0 saturated heterocycles. The third-order valence-corrected chi connectivity index (χ3v) is 3.59. The fourth-order valence-corrected chi connectivity index (χ4v) is 2.54. The summed E-state index contributed by atoms with van der Waals surface area (Å²) in [6, 6.07) is 4.07. The summed E-state index contributed by atoms with van der Waals surface area (Å²) in [5.74, 6) is 2.83. The molecule has 0 spiro atoms. The third kappa shape index (κ3) is 4.04. The minimum atomic E-state index is -0.665. The lowest BCUT2D eigenvalue weighted by Gasteiger charge is -2.28. The van der Waals surface area contributed by atoms with Crippen LogP contribution in [0, 0.1) is 12.3 Å². The van der Waals surface area contributed by atoms with Crippen molar-refractivity contribution >= 4 is 12.0 Å². The lowest BCUT2D eigenvalue weighted by atomic mass is 9.95. The first-order chi connectivity index (χ1) is 12.0. The van der Waals surface area contributed by atoms with E-state index in [0.29, 0.717) is 34.9 Å². The Kier molecular flexibility index (Phi) is 5.90. The molecule has 1 aromatic carbocycles. The summed E-state index contributed by atoms with van der Waals surface area (Å²) >= 11 is 0. The van der Waals surface area contributed by atoms with Crippen LogP contribution in [0.15, 0.2) is 29.5 Å². The van der Waals surface area contributed by atoms with E-state index in [9.17, 15) is 9.59 Å². The molecule has 0 unspecified atom stereocenters. The largest absolute Gasteiger partial charge is 0.490 e. The number of hydrogen-bond donors (Lipinski definition) is 2. The number of carbonyl (C=O) groups is 2. The van der Waals surface area contributed by atoms with E-state index < -0.39 is 18.0 Å². The summed E-state index contributed by atoms with van der Waals surface area (Å²) in [6.07, 6.45) is 5.22. The number of benzene rings is 1. The quantitative estimate of drug-likeness (QED) is 0.608. The van der Waals surface area contributed by atoms with Gasteiger partial charge in [-0.1, -0.05) is 12.0 Å². The van der Waals surface area contributed by atoms with Crippen molar-refractivity contribution in [1.29, 1.82) is 0 Å². The van der Waals surface area contributed by atoms with Crippen molar-refractivity contribution in [2.45, 2.75) is 19.9 Å². The first kappa shape index (κ1) is 18.2. The first-order valence-electron chi connectivity index (χ1n) is 7.71. The van der Waals surface area contributed by atoms with E-state index in [0.717, 1.165) is 0 Å². The Morgan fingerprint density at radius 2 is 2.08 bits per heavy atom. The molecule has 0 saturated carbocycles. The smallest absolute Gasteiger partial charge is 0.337 e. The van der Waals surface area contributed by atoms with E-state index in [-0.39, 0.29) is 6.61 Å². The van der Waals surface area contributed by atoms with Crippen molar-refractivity contribution in [3.8, 4) is 23.8 Å². The predicted octanol–water partition coefficient (Wildman–Crippen LogP) is 1.90. The molecule has 1 aliphatic heterocycles. The number of carbonyl (C=O) groups excluding carboxylic acids is 2. The molecule has 2 rings (SSSR count). The molecule has 1 atom stereocenters. The Morgan fingerprint density at radius 3 is 2.72 bits per heavy atom. The number of esters is 1. The summed E-state index contributed by atoms with van der Waals surface area (Å²) in [5, 5.41) is 5.30. The van der Waals surface area contributed by atoms with Gasteiger partial charge in [0, 0.05) is 5.70 Å². The van der Waals surface area contributed by atoms with Gasteiger partial charge in [-0.2, -0.15) is 0 Å². The van der Waals surface area contributed by atoms with Gasteiger partial charge in [0.2, 0.25) is 0 Å². The van der Waals surface area contributed by atoms with Crippen molar-refractivity contribution < 1.29 is 23.8 Å². The van der Waals surface area contributed by atoms with Gasteiger partial charge in [-0.15, -0.1) is 6.42 Å². The third-order valence-electron chi connectivity index (χ3n) is 3.59. The minimum Gasteiger partial charge on any atom is -0.490 e. The highest BCUT2D eigenvalue weighted by atomic mass is 16.5. The molecule has 2 amide bonds. The van der Waals surface area contributed by atoms with Gasteiger partial charge in [0.15, 0.2) is 11.5 Å². The van der Waals surface area contributed by atoms with Crippen LogP contribution in [0.3, 0.4) is 0 Å². The molecule has 25 heavy (non-hydrogen) atoms. The van der Waals surface area contributed by atoms with Gasteiger partial charge in [0.05, 0.1) is 25.3 Å². The van der Waals surface area contributed by atoms with Crippen LogP contribution in [0.2, 0.25) is 0 Å². The van der Waals surface area contributed by atoms with E-state index in [4.69, 9.17) is 20.6 Å². The number of ether oxygens (including phenoxy) is 3. The van der Waals surface area contributed by atoms with Crippen molar-refractivity contribution in [3.63, 3.8) is 0 Å². The van der Waals surface area contributed by atoms with Gasteiger partial charge in [-0.25, -0.2) is 9.59 Å². The van der Waals surface area contributed by atoms with Crippen molar-refractivity contribution in [2.75, 3.05) is 20.3 Å². The standard InChI is InChI=1S/C18H20N2O5/c1-5-9-25-13-8-7-12(10-14(13)24-6-2)16-15(17(21)23-4)11(3)19-18(22)20-16/h1,7-8,10,16H,6,9H2,2-4H3,(H2,19,20,22)/t16-/m0/s1. The van der Waals surface area contributed by atoms with Crippen LogP contribution in [0.25, 0.3) is 0 Å². The average molecular weight is 344 g/mol. The van der Waals surface area contributed by atoms with E-state index in [1.54, 1.807) is 25.1 Å². The van der Waals surface area contributed by atoms with Gasteiger partial charge in [-0.3, -0.25) is 0 Å². The zero-order valence-corrected chi connectivity index (χ0v) is 14.3. The summed E-state index contributed by atoms with van der Waals surface area (Å²) in [6.45, 7) is 4.02. The van der Waals surface area contributed by atoms with Gasteiger partial charge < -0.3 is 24.8 Å². The zero-order chi connectivity index (χ0) is 18.4. The molecule has 2 N–H and O–H groups in total.